The van der Waals surface area contributed by atoms with Crippen LogP contribution in [0.4, 0.5) is 0 Å². The average Bonchev–Trinajstić information content (AvgIpc) is 3.42. The molecule has 0 aliphatic heterocycles. The second kappa shape index (κ2) is 46.5. The molecule has 81 heavy (non-hydrogen) atoms. The molecule has 466 valence electrons. The van der Waals surface area contributed by atoms with Crippen LogP contribution in [-0.2, 0) is 62.1 Å². The first-order chi connectivity index (χ1) is 38.5. The highest BCUT2D eigenvalue weighted by Gasteiger charge is 2.27. The second-order valence-electron chi connectivity index (χ2n) is 20.5. The number of ether oxygens (including phenoxy) is 4. The van der Waals surface area contributed by atoms with E-state index in [4.69, 9.17) is 30.4 Å². The van der Waals surface area contributed by atoms with E-state index >= 15 is 0 Å². The zero-order valence-electron chi connectivity index (χ0n) is 49.0. The van der Waals surface area contributed by atoms with Gasteiger partial charge < -0.3 is 88.7 Å². The number of unbranched alkanes of at least 4 members (excludes halogenated alkanes) is 5. The minimum Gasteiger partial charge on any atom is -0.411 e. The van der Waals surface area contributed by atoms with Gasteiger partial charge in [0.05, 0.1) is 68.2 Å². The van der Waals surface area contributed by atoms with E-state index in [0.29, 0.717) is 82.4 Å². The summed E-state index contributed by atoms with van der Waals surface area (Å²) in [7, 11) is 0. The molecule has 1 unspecified atom stereocenters. The quantitative estimate of drug-likeness (QED) is 0.0160. The van der Waals surface area contributed by atoms with Gasteiger partial charge >= 0.3 is 0 Å². The van der Waals surface area contributed by atoms with E-state index in [0.717, 1.165) is 12.8 Å². The van der Waals surface area contributed by atoms with E-state index < -0.39 is 35.0 Å². The highest BCUT2D eigenvalue weighted by molar-refractivity contribution is 5.91. The first-order valence-electron chi connectivity index (χ1n) is 28.2. The third-order valence-electron chi connectivity index (χ3n) is 12.7. The maximum absolute atomic E-state index is 13.3. The Kier molecular flexibility index (Phi) is 43.0. The Morgan fingerprint density at radius 2 is 0.815 bits per heavy atom. The third-order valence-corrected chi connectivity index (χ3v) is 12.7. The van der Waals surface area contributed by atoms with Crippen molar-refractivity contribution in [3.8, 4) is 0 Å². The van der Waals surface area contributed by atoms with Crippen LogP contribution in [0.25, 0.3) is 0 Å². The minimum atomic E-state index is -0.870. The summed E-state index contributed by atoms with van der Waals surface area (Å²) in [6.45, 7) is 14.0. The van der Waals surface area contributed by atoms with E-state index in [1.807, 2.05) is 27.7 Å². The van der Waals surface area contributed by atoms with E-state index in [1.54, 1.807) is 13.8 Å². The largest absolute Gasteiger partial charge is 0.411 e. The summed E-state index contributed by atoms with van der Waals surface area (Å²) in [5, 5.41) is 51.4. The van der Waals surface area contributed by atoms with Crippen molar-refractivity contribution in [2.75, 3.05) is 98.7 Å². The average molecular weight is 1160 g/mol. The molecular weight excluding hydrogens is 1060 g/mol. The van der Waals surface area contributed by atoms with Gasteiger partial charge in [-0.05, 0) is 99.3 Å². The van der Waals surface area contributed by atoms with Gasteiger partial charge in [0.25, 0.3) is 0 Å². The van der Waals surface area contributed by atoms with E-state index in [1.165, 1.54) is 0 Å². The zero-order valence-corrected chi connectivity index (χ0v) is 49.0. The van der Waals surface area contributed by atoms with Crippen LogP contribution in [0.1, 0.15) is 151 Å². The summed E-state index contributed by atoms with van der Waals surface area (Å²) in [4.78, 5) is 110. The second-order valence-corrected chi connectivity index (χ2v) is 20.5. The van der Waals surface area contributed by atoms with Crippen molar-refractivity contribution in [3.63, 3.8) is 0 Å². The van der Waals surface area contributed by atoms with Gasteiger partial charge in [-0.1, -0.05) is 23.2 Å². The summed E-state index contributed by atoms with van der Waals surface area (Å²) < 4.78 is 21.4. The topological polar surface area (TPSA) is 416 Å². The highest BCUT2D eigenvalue weighted by atomic mass is 16.5. The number of rotatable bonds is 52. The number of primary amides is 2. The fourth-order valence-electron chi connectivity index (χ4n) is 7.13. The molecule has 0 spiro atoms. The van der Waals surface area contributed by atoms with E-state index in [-0.39, 0.29) is 165 Å². The van der Waals surface area contributed by atoms with Crippen molar-refractivity contribution in [2.24, 2.45) is 21.8 Å². The molecule has 1 atom stereocenters. The lowest BCUT2D eigenvalue weighted by molar-refractivity contribution is -0.129. The molecule has 0 aromatic carbocycles. The summed E-state index contributed by atoms with van der Waals surface area (Å²) in [5.41, 5.74) is 9.82. The molecule has 0 aliphatic rings. The van der Waals surface area contributed by atoms with Crippen LogP contribution in [-0.4, -0.2) is 197 Å². The van der Waals surface area contributed by atoms with Crippen LogP contribution in [0.3, 0.4) is 0 Å². The third kappa shape index (κ3) is 43.4. The first-order valence-corrected chi connectivity index (χ1v) is 28.2. The van der Waals surface area contributed by atoms with Gasteiger partial charge in [-0.3, -0.25) is 43.2 Å². The highest BCUT2D eigenvalue weighted by Crippen LogP contribution is 2.09. The first kappa shape index (κ1) is 74.9. The van der Waals surface area contributed by atoms with Crippen molar-refractivity contribution in [1.29, 1.82) is 0 Å². The molecule has 0 aliphatic carbocycles. The number of hydrogen-bond acceptors (Lipinski definition) is 19. The Hall–Kier alpha value is -6.07. The number of carbonyl (C=O) groups is 9. The lowest BCUT2D eigenvalue weighted by atomic mass is 9.98. The Morgan fingerprint density at radius 3 is 1.27 bits per heavy atom. The Morgan fingerprint density at radius 1 is 0.432 bits per heavy atom. The fraction of sp³-hybridized carbons (Fsp3) is 0.792. The lowest BCUT2D eigenvalue weighted by Gasteiger charge is -2.32. The Balaban J connectivity index is 4.53. The van der Waals surface area contributed by atoms with Gasteiger partial charge in [-0.25, -0.2) is 0 Å². The molecule has 28 heteroatoms. The lowest BCUT2D eigenvalue weighted by Crippen LogP contribution is -2.57. The van der Waals surface area contributed by atoms with E-state index in [2.05, 4.69) is 58.2 Å². The smallest absolute Gasteiger partial charge is 0.246 e. The number of nitrogens with two attached hydrogens (primary N) is 2. The molecule has 0 saturated heterocycles. The van der Waals surface area contributed by atoms with Gasteiger partial charge in [-0.2, -0.15) is 0 Å². The molecule has 0 saturated carbocycles. The summed E-state index contributed by atoms with van der Waals surface area (Å²) >= 11 is 0. The SMILES string of the molecule is C/C(=N\O)C(C)(C)NCC(CNC(C)(C)/C(C)=N/O)NC(=O)CCCC(=O)NC(CCCCNC(=O)CCCC(=O)NCCOCCOCC(=O)NCCOCCOCC(=O)NCCCCCC(N)=O)C(=O)NCCCCCC(N)=O. The van der Waals surface area contributed by atoms with E-state index in [9.17, 15) is 53.6 Å². The molecule has 9 amide bonds. The number of hydrogen-bond donors (Lipinski definition) is 13. The molecule has 0 bridgehead atoms. The molecule has 15 N–H and O–H groups in total. The summed E-state index contributed by atoms with van der Waals surface area (Å²) in [6, 6.07) is -1.32. The van der Waals surface area contributed by atoms with Crippen molar-refractivity contribution in [3.05, 3.63) is 0 Å². The van der Waals surface area contributed by atoms with Gasteiger partial charge in [0, 0.05) is 84.3 Å². The van der Waals surface area contributed by atoms with Crippen LogP contribution in [0.15, 0.2) is 10.3 Å². The molecule has 0 radical (unpaired) electrons. The number of carbonyl (C=O) groups excluding carboxylic acids is 9. The maximum Gasteiger partial charge on any atom is 0.246 e. The molecule has 0 fully saturated rings. The predicted molar refractivity (Wildman–Crippen MR) is 303 cm³/mol. The standard InChI is InChI=1S/C53H99N13O15/c1-39(65-76)52(3,4)61-35-41(36-62-53(5,6)40(2)66-77)63-47(71)22-16-23-48(72)64-42(51(75)60-26-13-8-10-19-44(55)68)17-11-14-25-56-45(69)20-15-21-46(70)58-27-29-78-31-34-81-38-50(74)59-28-30-79-32-33-80-37-49(73)57-24-12-7-9-18-43(54)67/h41-42,61-62,76-77H,7-38H2,1-6H3,(H2,54,67)(H2,55,68)(H,56,69)(H,57,73)(H,58,70)(H,59,74)(H,60,75)(H,63,71)(H,64,72)/b65-39+,66-40+. The predicted octanol–water partition coefficient (Wildman–Crippen LogP) is -0.358. The number of nitrogens with zero attached hydrogens (tertiary/aromatic N) is 2. The van der Waals surface area contributed by atoms with Crippen LogP contribution in [0.2, 0.25) is 0 Å². The Bertz CT molecular complexity index is 1890. The molecule has 0 rings (SSSR count). The monoisotopic (exact) mass is 1160 g/mol. The zero-order chi connectivity index (χ0) is 60.7. The van der Waals surface area contributed by atoms with Crippen molar-refractivity contribution < 1.29 is 72.5 Å². The molecule has 28 nitrogen and oxygen atoms in total. The Labute approximate surface area is 478 Å². The number of nitrogens with one attached hydrogen (secondary N) is 9. The maximum atomic E-state index is 13.3. The number of oxime groups is 2. The summed E-state index contributed by atoms with van der Waals surface area (Å²) in [5.74, 6) is -2.86. The molecule has 0 aromatic heterocycles. The summed E-state index contributed by atoms with van der Waals surface area (Å²) in [6.07, 6.45) is 6.76. The minimum absolute atomic E-state index is 0.0200. The molecule has 0 aromatic rings. The van der Waals surface area contributed by atoms with Crippen molar-refractivity contribution in [2.45, 2.75) is 174 Å². The van der Waals surface area contributed by atoms with Crippen LogP contribution in [0, 0.1) is 0 Å². The van der Waals surface area contributed by atoms with Crippen molar-refractivity contribution in [1.82, 2.24) is 47.9 Å². The van der Waals surface area contributed by atoms with Crippen LogP contribution >= 0.6 is 0 Å². The molecule has 0 heterocycles. The van der Waals surface area contributed by atoms with Crippen LogP contribution in [0.5, 0.6) is 0 Å². The van der Waals surface area contributed by atoms with Gasteiger partial charge in [0.2, 0.25) is 53.2 Å². The van der Waals surface area contributed by atoms with Crippen molar-refractivity contribution >= 4 is 64.6 Å². The normalized spacial score (nSPS) is 12.7. The molecular formula is C53H99N13O15. The van der Waals surface area contributed by atoms with Gasteiger partial charge in [-0.15, -0.1) is 0 Å². The van der Waals surface area contributed by atoms with Crippen LogP contribution < -0.4 is 59.3 Å². The number of amides is 9. The van der Waals surface area contributed by atoms with Gasteiger partial charge in [0.15, 0.2) is 0 Å². The van der Waals surface area contributed by atoms with Gasteiger partial charge in [0.1, 0.15) is 19.3 Å². The fourth-order valence-corrected chi connectivity index (χ4v) is 7.13.